The number of benzene rings is 3. The lowest BCUT2D eigenvalue weighted by molar-refractivity contribution is -0.139. The number of amides is 2. The minimum atomic E-state index is -4.44. The molecule has 2 amide bonds. The average Bonchev–Trinajstić information content (AvgIpc) is 3.36. The third kappa shape index (κ3) is 8.33. The van der Waals surface area contributed by atoms with Crippen LogP contribution >= 0.6 is 0 Å². The molecule has 8 heteroatoms. The van der Waals surface area contributed by atoms with Crippen LogP contribution in [0.15, 0.2) is 91.1 Å². The van der Waals surface area contributed by atoms with E-state index in [0.29, 0.717) is 25.1 Å². The molecule has 5 nitrogen and oxygen atoms in total. The number of carbonyl (C=O) groups is 2. The summed E-state index contributed by atoms with van der Waals surface area (Å²) in [5.74, 6) is -0.416. The summed E-state index contributed by atoms with van der Waals surface area (Å²) in [5.41, 5.74) is 2.74. The number of halogens is 3. The standard InChI is InChI=1S/C33H34F3N3O2/c1-24(2)21-39(31(40)17-14-25-8-4-3-5-9-25)23-32(41)38(22-26-12-15-28(16-13-26)33(34,35)36)19-18-27-20-37-30-11-7-6-10-29(27)30/h3-17,20,24,37H,18-19,21-23H2,1-2H3. The second-order valence-corrected chi connectivity index (χ2v) is 10.5. The van der Waals surface area contributed by atoms with Crippen molar-refractivity contribution in [3.63, 3.8) is 0 Å². The van der Waals surface area contributed by atoms with E-state index in [0.717, 1.165) is 34.2 Å². The number of nitrogens with zero attached hydrogens (tertiary/aromatic N) is 2. The van der Waals surface area contributed by atoms with Crippen molar-refractivity contribution in [1.82, 2.24) is 14.8 Å². The molecule has 214 valence electrons. The first-order valence-electron chi connectivity index (χ1n) is 13.6. The molecular weight excluding hydrogens is 527 g/mol. The van der Waals surface area contributed by atoms with Gasteiger partial charge in [-0.3, -0.25) is 9.59 Å². The zero-order valence-corrected chi connectivity index (χ0v) is 23.2. The first kappa shape index (κ1) is 29.6. The van der Waals surface area contributed by atoms with Gasteiger partial charge in [0.25, 0.3) is 0 Å². The number of para-hydroxylation sites is 1. The Morgan fingerprint density at radius 1 is 0.902 bits per heavy atom. The molecule has 0 bridgehead atoms. The first-order chi connectivity index (χ1) is 19.6. The van der Waals surface area contributed by atoms with Crippen LogP contribution in [-0.2, 0) is 28.7 Å². The molecule has 41 heavy (non-hydrogen) atoms. The van der Waals surface area contributed by atoms with Gasteiger partial charge >= 0.3 is 6.18 Å². The number of hydrogen-bond donors (Lipinski definition) is 1. The Kier molecular flexibility index (Phi) is 9.65. The highest BCUT2D eigenvalue weighted by Gasteiger charge is 2.30. The highest BCUT2D eigenvalue weighted by Crippen LogP contribution is 2.29. The summed E-state index contributed by atoms with van der Waals surface area (Å²) in [6.45, 7) is 4.67. The van der Waals surface area contributed by atoms with E-state index in [2.05, 4.69) is 4.98 Å². The monoisotopic (exact) mass is 561 g/mol. The number of aromatic amines is 1. The van der Waals surface area contributed by atoms with Gasteiger partial charge in [0.05, 0.1) is 5.56 Å². The van der Waals surface area contributed by atoms with E-state index < -0.39 is 11.7 Å². The second kappa shape index (κ2) is 13.4. The van der Waals surface area contributed by atoms with Gasteiger partial charge in [-0.15, -0.1) is 0 Å². The number of rotatable bonds is 11. The number of fused-ring (bicyclic) bond motifs is 1. The van der Waals surface area contributed by atoms with Gasteiger partial charge in [0.2, 0.25) is 11.8 Å². The number of nitrogens with one attached hydrogen (secondary N) is 1. The van der Waals surface area contributed by atoms with Gasteiger partial charge in [-0.25, -0.2) is 0 Å². The predicted molar refractivity (Wildman–Crippen MR) is 156 cm³/mol. The van der Waals surface area contributed by atoms with Crippen LogP contribution in [0.25, 0.3) is 17.0 Å². The van der Waals surface area contributed by atoms with Crippen LogP contribution in [0.4, 0.5) is 13.2 Å². The Balaban J connectivity index is 1.54. The minimum Gasteiger partial charge on any atom is -0.361 e. The van der Waals surface area contributed by atoms with E-state index in [-0.39, 0.29) is 30.8 Å². The lowest BCUT2D eigenvalue weighted by Gasteiger charge is -2.28. The highest BCUT2D eigenvalue weighted by atomic mass is 19.4. The highest BCUT2D eigenvalue weighted by molar-refractivity contribution is 5.94. The quantitative estimate of drug-likeness (QED) is 0.201. The summed E-state index contributed by atoms with van der Waals surface area (Å²) in [6, 6.07) is 22.1. The molecule has 4 aromatic rings. The molecule has 0 atom stereocenters. The summed E-state index contributed by atoms with van der Waals surface area (Å²) >= 11 is 0. The summed E-state index contributed by atoms with van der Waals surface area (Å²) in [6.07, 6.45) is 1.21. The number of alkyl halides is 3. The van der Waals surface area contributed by atoms with Gasteiger partial charge in [-0.05, 0) is 53.3 Å². The van der Waals surface area contributed by atoms with E-state index in [1.54, 1.807) is 11.0 Å². The summed E-state index contributed by atoms with van der Waals surface area (Å²) in [7, 11) is 0. The Morgan fingerprint density at radius 3 is 2.27 bits per heavy atom. The number of carbonyl (C=O) groups excluding carboxylic acids is 2. The van der Waals surface area contributed by atoms with Crippen molar-refractivity contribution in [3.05, 3.63) is 113 Å². The molecule has 0 saturated heterocycles. The topological polar surface area (TPSA) is 56.4 Å². The van der Waals surface area contributed by atoms with E-state index in [1.165, 1.54) is 23.1 Å². The van der Waals surface area contributed by atoms with Gasteiger partial charge in [-0.2, -0.15) is 13.2 Å². The zero-order chi connectivity index (χ0) is 29.4. The normalized spacial score (nSPS) is 11.9. The molecule has 0 radical (unpaired) electrons. The van der Waals surface area contributed by atoms with Crippen molar-refractivity contribution in [2.75, 3.05) is 19.6 Å². The van der Waals surface area contributed by atoms with Gasteiger partial charge in [0.15, 0.2) is 0 Å². The molecule has 0 aliphatic heterocycles. The SMILES string of the molecule is CC(C)CN(CC(=O)N(CCc1c[nH]c2ccccc12)Cc1ccc(C(F)(F)F)cc1)C(=O)C=Cc1ccccc1. The first-order valence-corrected chi connectivity index (χ1v) is 13.6. The number of aromatic nitrogens is 1. The van der Waals surface area contributed by atoms with Crippen LogP contribution < -0.4 is 0 Å². The molecule has 1 aromatic heterocycles. The van der Waals surface area contributed by atoms with Crippen LogP contribution in [0.2, 0.25) is 0 Å². The summed E-state index contributed by atoms with van der Waals surface area (Å²) < 4.78 is 39.3. The fourth-order valence-corrected chi connectivity index (χ4v) is 4.68. The fourth-order valence-electron chi connectivity index (χ4n) is 4.68. The van der Waals surface area contributed by atoms with E-state index in [4.69, 9.17) is 0 Å². The Bertz CT molecular complexity index is 1480. The van der Waals surface area contributed by atoms with Crippen molar-refractivity contribution in [1.29, 1.82) is 0 Å². The second-order valence-electron chi connectivity index (χ2n) is 10.5. The third-order valence-corrected chi connectivity index (χ3v) is 6.77. The molecule has 0 spiro atoms. The van der Waals surface area contributed by atoms with Gasteiger partial charge in [0.1, 0.15) is 6.54 Å². The van der Waals surface area contributed by atoms with Crippen LogP contribution in [0.3, 0.4) is 0 Å². The third-order valence-electron chi connectivity index (χ3n) is 6.77. The zero-order valence-electron chi connectivity index (χ0n) is 23.2. The average molecular weight is 562 g/mol. The molecule has 3 aromatic carbocycles. The predicted octanol–water partition coefficient (Wildman–Crippen LogP) is 6.96. The van der Waals surface area contributed by atoms with Crippen LogP contribution in [-0.4, -0.2) is 46.2 Å². The van der Waals surface area contributed by atoms with E-state index in [9.17, 15) is 22.8 Å². The van der Waals surface area contributed by atoms with Crippen LogP contribution in [0.5, 0.6) is 0 Å². The molecular formula is C33H34F3N3O2. The van der Waals surface area contributed by atoms with Crippen LogP contribution in [0.1, 0.15) is 36.1 Å². The van der Waals surface area contributed by atoms with Crippen molar-refractivity contribution in [2.24, 2.45) is 5.92 Å². The maximum atomic E-state index is 13.7. The molecule has 0 fully saturated rings. The molecule has 0 aliphatic rings. The summed E-state index contributed by atoms with van der Waals surface area (Å²) in [5, 5.41) is 1.05. The Labute approximate surface area is 238 Å². The van der Waals surface area contributed by atoms with E-state index >= 15 is 0 Å². The molecule has 0 unspecified atom stereocenters. The van der Waals surface area contributed by atoms with Gasteiger partial charge in [-0.1, -0.05) is 74.5 Å². The fraction of sp³-hybridized carbons (Fsp3) is 0.273. The minimum absolute atomic E-state index is 0.128. The Hall–Kier alpha value is -4.33. The number of H-pyrrole nitrogens is 1. The molecule has 0 saturated carbocycles. The van der Waals surface area contributed by atoms with Crippen molar-refractivity contribution in [2.45, 2.75) is 33.0 Å². The van der Waals surface area contributed by atoms with Crippen molar-refractivity contribution >= 4 is 28.8 Å². The van der Waals surface area contributed by atoms with Crippen LogP contribution in [0, 0.1) is 5.92 Å². The molecule has 1 heterocycles. The maximum absolute atomic E-state index is 13.7. The van der Waals surface area contributed by atoms with E-state index in [1.807, 2.05) is 74.6 Å². The van der Waals surface area contributed by atoms with Gasteiger partial charge in [0, 0.05) is 42.8 Å². The lowest BCUT2D eigenvalue weighted by atomic mass is 10.1. The summed E-state index contributed by atoms with van der Waals surface area (Å²) in [4.78, 5) is 33.2. The lowest BCUT2D eigenvalue weighted by Crippen LogP contribution is -2.44. The van der Waals surface area contributed by atoms with Gasteiger partial charge < -0.3 is 14.8 Å². The number of hydrogen-bond acceptors (Lipinski definition) is 2. The van der Waals surface area contributed by atoms with Crippen molar-refractivity contribution < 1.29 is 22.8 Å². The smallest absolute Gasteiger partial charge is 0.361 e. The largest absolute Gasteiger partial charge is 0.416 e. The molecule has 4 rings (SSSR count). The van der Waals surface area contributed by atoms with Crippen molar-refractivity contribution in [3.8, 4) is 0 Å². The molecule has 1 N–H and O–H groups in total. The Morgan fingerprint density at radius 2 is 1.59 bits per heavy atom. The maximum Gasteiger partial charge on any atom is 0.416 e. The molecule has 0 aliphatic carbocycles.